The smallest absolute Gasteiger partial charge is 0.160 e. The predicted octanol–water partition coefficient (Wildman–Crippen LogP) is 13.2. The minimum atomic E-state index is -0.270. The minimum Gasteiger partial charge on any atom is -0.256 e. The van der Waals surface area contributed by atoms with Gasteiger partial charge in [0.15, 0.2) is 5.82 Å². The molecule has 2 heterocycles. The van der Waals surface area contributed by atoms with Crippen molar-refractivity contribution in [2.75, 3.05) is 0 Å². The van der Waals surface area contributed by atoms with Gasteiger partial charge in [-0.15, -0.1) is 0 Å². The van der Waals surface area contributed by atoms with Crippen molar-refractivity contribution >= 4 is 10.8 Å². The van der Waals surface area contributed by atoms with E-state index in [9.17, 15) is 5.26 Å². The third-order valence-corrected chi connectivity index (χ3v) is 11.4. The quantitative estimate of drug-likeness (QED) is 0.171. The number of hydrogen-bond donors (Lipinski definition) is 0. The van der Waals surface area contributed by atoms with Gasteiger partial charge in [0, 0.05) is 39.3 Å². The van der Waals surface area contributed by atoms with Gasteiger partial charge in [0.05, 0.1) is 28.7 Å². The first-order chi connectivity index (χ1) is 27.9. The van der Waals surface area contributed by atoms with Crippen LogP contribution in [0.15, 0.2) is 182 Å². The zero-order chi connectivity index (χ0) is 38.5. The van der Waals surface area contributed by atoms with E-state index in [1.165, 1.54) is 27.8 Å². The SMILES string of the molecule is CC1(C)c2cc(C#N)ccc2-c2ccc(-c3cc(-c4cc(-c5ccc(-c6ccccc6)cc5)nc(-c5ccccc5)n4)cc(-c4nccc5ccccc45)c3)cc21. The fraction of sp³-hybridized carbons (Fsp3) is 0.0566. The molecule has 0 amide bonds. The Hall–Kier alpha value is -7.48. The van der Waals surface area contributed by atoms with Crippen molar-refractivity contribution in [2.45, 2.75) is 19.3 Å². The van der Waals surface area contributed by atoms with Crippen LogP contribution in [0.25, 0.3) is 89.3 Å². The molecule has 0 saturated carbocycles. The second-order valence-corrected chi connectivity index (χ2v) is 15.2. The number of aromatic nitrogens is 3. The molecular formula is C53H36N4. The van der Waals surface area contributed by atoms with Crippen LogP contribution >= 0.6 is 0 Å². The monoisotopic (exact) mass is 728 g/mol. The van der Waals surface area contributed by atoms with Crippen LogP contribution in [0.4, 0.5) is 0 Å². The number of fused-ring (bicyclic) bond motifs is 4. The van der Waals surface area contributed by atoms with Gasteiger partial charge in [-0.25, -0.2) is 9.97 Å². The lowest BCUT2D eigenvalue weighted by atomic mass is 9.81. The molecule has 0 radical (unpaired) electrons. The number of pyridine rings is 1. The molecular weight excluding hydrogens is 693 g/mol. The lowest BCUT2D eigenvalue weighted by Gasteiger charge is -2.22. The lowest BCUT2D eigenvalue weighted by molar-refractivity contribution is 0.660. The van der Waals surface area contributed by atoms with E-state index in [0.717, 1.165) is 66.8 Å². The third kappa shape index (κ3) is 6.07. The summed E-state index contributed by atoms with van der Waals surface area (Å²) in [7, 11) is 0. The second-order valence-electron chi connectivity index (χ2n) is 15.2. The van der Waals surface area contributed by atoms with Crippen molar-refractivity contribution in [3.8, 4) is 84.6 Å². The Morgan fingerprint density at radius 3 is 1.79 bits per heavy atom. The molecule has 9 aromatic rings. The van der Waals surface area contributed by atoms with E-state index in [1.807, 2.05) is 42.6 Å². The lowest BCUT2D eigenvalue weighted by Crippen LogP contribution is -2.15. The Labute approximate surface area is 332 Å². The van der Waals surface area contributed by atoms with Crippen LogP contribution in [0.3, 0.4) is 0 Å². The highest BCUT2D eigenvalue weighted by Crippen LogP contribution is 2.50. The average molecular weight is 729 g/mol. The predicted molar refractivity (Wildman–Crippen MR) is 232 cm³/mol. The van der Waals surface area contributed by atoms with Gasteiger partial charge in [-0.2, -0.15) is 5.26 Å². The van der Waals surface area contributed by atoms with Crippen molar-refractivity contribution < 1.29 is 0 Å². The highest BCUT2D eigenvalue weighted by atomic mass is 14.9. The standard InChI is InChI=1S/C53H36N4/c1-53(2)47-27-34(33-54)17-23-45(47)46-24-22-40(31-48(46)53)41-28-42(30-43(29-41)51-44-16-10-9-13-37(44)25-26-55-51)50-32-49(56-52(57-50)39-14-7-4-8-15-39)38-20-18-36(19-21-38)35-11-5-3-6-12-35/h3-32H,1-2H3. The summed E-state index contributed by atoms with van der Waals surface area (Å²) >= 11 is 0. The molecule has 0 atom stereocenters. The van der Waals surface area contributed by atoms with E-state index in [-0.39, 0.29) is 5.41 Å². The number of hydrogen-bond acceptors (Lipinski definition) is 4. The van der Waals surface area contributed by atoms with E-state index < -0.39 is 0 Å². The van der Waals surface area contributed by atoms with E-state index in [4.69, 9.17) is 15.0 Å². The molecule has 268 valence electrons. The molecule has 4 nitrogen and oxygen atoms in total. The summed E-state index contributed by atoms with van der Waals surface area (Å²) in [6.07, 6.45) is 1.89. The topological polar surface area (TPSA) is 62.5 Å². The van der Waals surface area contributed by atoms with Crippen molar-refractivity contribution in [3.63, 3.8) is 0 Å². The Balaban J connectivity index is 1.17. The van der Waals surface area contributed by atoms with Crippen LogP contribution in [0.2, 0.25) is 0 Å². The molecule has 57 heavy (non-hydrogen) atoms. The van der Waals surface area contributed by atoms with Gasteiger partial charge in [0.1, 0.15) is 0 Å². The summed E-state index contributed by atoms with van der Waals surface area (Å²) in [5.41, 5.74) is 16.3. The summed E-state index contributed by atoms with van der Waals surface area (Å²) in [6.45, 7) is 4.51. The van der Waals surface area contributed by atoms with E-state index in [1.54, 1.807) is 0 Å². The molecule has 2 aromatic heterocycles. The molecule has 0 bridgehead atoms. The second kappa shape index (κ2) is 13.7. The Bertz CT molecular complexity index is 3030. The van der Waals surface area contributed by atoms with Gasteiger partial charge in [-0.1, -0.05) is 141 Å². The third-order valence-electron chi connectivity index (χ3n) is 11.4. The molecule has 1 aliphatic rings. The van der Waals surface area contributed by atoms with Gasteiger partial charge in [0.2, 0.25) is 0 Å². The first-order valence-corrected chi connectivity index (χ1v) is 19.2. The molecule has 0 spiro atoms. The zero-order valence-electron chi connectivity index (χ0n) is 31.6. The molecule has 1 aliphatic carbocycles. The Kier molecular flexibility index (Phi) is 8.17. The zero-order valence-corrected chi connectivity index (χ0v) is 31.6. The van der Waals surface area contributed by atoms with Gasteiger partial charge in [-0.3, -0.25) is 4.98 Å². The number of nitriles is 1. The molecule has 0 unspecified atom stereocenters. The average Bonchev–Trinajstić information content (AvgIpc) is 3.51. The normalized spacial score (nSPS) is 12.5. The number of benzene rings is 7. The summed E-state index contributed by atoms with van der Waals surface area (Å²) in [6, 6.07) is 63.7. The first kappa shape index (κ1) is 34.0. The highest BCUT2D eigenvalue weighted by Gasteiger charge is 2.36. The number of nitrogens with zero attached hydrogens (tertiary/aromatic N) is 4. The minimum absolute atomic E-state index is 0.270. The van der Waals surface area contributed by atoms with Gasteiger partial charge >= 0.3 is 0 Å². The van der Waals surface area contributed by atoms with Gasteiger partial charge in [-0.05, 0) is 98.4 Å². The van der Waals surface area contributed by atoms with E-state index >= 15 is 0 Å². The summed E-state index contributed by atoms with van der Waals surface area (Å²) in [5.74, 6) is 0.666. The molecule has 7 aromatic carbocycles. The molecule has 4 heteroatoms. The summed E-state index contributed by atoms with van der Waals surface area (Å²) in [4.78, 5) is 15.4. The Morgan fingerprint density at radius 1 is 0.456 bits per heavy atom. The fourth-order valence-corrected chi connectivity index (χ4v) is 8.34. The molecule has 0 N–H and O–H groups in total. The Morgan fingerprint density at radius 2 is 1.04 bits per heavy atom. The van der Waals surface area contributed by atoms with Crippen LogP contribution in [0.5, 0.6) is 0 Å². The fourth-order valence-electron chi connectivity index (χ4n) is 8.34. The van der Waals surface area contributed by atoms with Crippen LogP contribution in [0, 0.1) is 11.3 Å². The van der Waals surface area contributed by atoms with Crippen molar-refractivity contribution in [3.05, 3.63) is 199 Å². The molecule has 0 saturated heterocycles. The van der Waals surface area contributed by atoms with E-state index in [0.29, 0.717) is 11.4 Å². The maximum absolute atomic E-state index is 9.71. The van der Waals surface area contributed by atoms with Crippen LogP contribution in [-0.2, 0) is 5.41 Å². The molecule has 0 aliphatic heterocycles. The molecule has 0 fully saturated rings. The summed E-state index contributed by atoms with van der Waals surface area (Å²) in [5, 5.41) is 11.9. The van der Waals surface area contributed by atoms with E-state index in [2.05, 4.69) is 159 Å². The van der Waals surface area contributed by atoms with Gasteiger partial charge < -0.3 is 0 Å². The largest absolute Gasteiger partial charge is 0.256 e. The van der Waals surface area contributed by atoms with Crippen molar-refractivity contribution in [2.24, 2.45) is 0 Å². The maximum Gasteiger partial charge on any atom is 0.160 e. The van der Waals surface area contributed by atoms with Crippen LogP contribution in [0.1, 0.15) is 30.5 Å². The number of rotatable bonds is 6. The van der Waals surface area contributed by atoms with Crippen molar-refractivity contribution in [1.29, 1.82) is 5.26 Å². The maximum atomic E-state index is 9.71. The van der Waals surface area contributed by atoms with Crippen LogP contribution < -0.4 is 0 Å². The summed E-state index contributed by atoms with van der Waals surface area (Å²) < 4.78 is 0. The van der Waals surface area contributed by atoms with Crippen LogP contribution in [-0.4, -0.2) is 15.0 Å². The molecule has 10 rings (SSSR count). The van der Waals surface area contributed by atoms with Crippen molar-refractivity contribution in [1.82, 2.24) is 15.0 Å². The highest BCUT2D eigenvalue weighted by molar-refractivity contribution is 5.96. The van der Waals surface area contributed by atoms with Gasteiger partial charge in [0.25, 0.3) is 0 Å². The first-order valence-electron chi connectivity index (χ1n) is 19.2.